The molecule has 0 saturated heterocycles. The van der Waals surface area contributed by atoms with Crippen LogP contribution in [0.2, 0.25) is 0 Å². The van der Waals surface area contributed by atoms with Crippen LogP contribution in [-0.2, 0) is 23.7 Å². The van der Waals surface area contributed by atoms with Crippen molar-refractivity contribution < 1.29 is 28.1 Å². The summed E-state index contributed by atoms with van der Waals surface area (Å²) in [7, 11) is 0. The Kier molecular flexibility index (Phi) is 15.7. The van der Waals surface area contributed by atoms with Gasteiger partial charge in [0.25, 0.3) is 0 Å². The molecule has 0 rings (SSSR count). The largest absolute Gasteiger partial charge is 0.378 e. The number of carbonyl (C=O) groups excluding carboxylic acids is 1. The zero-order valence-electron chi connectivity index (χ0n) is 17.6. The average molecular weight is 395 g/mol. The van der Waals surface area contributed by atoms with E-state index < -0.39 is 11.8 Å². The molecule has 0 bridgehead atoms. The Labute approximate surface area is 163 Å². The first kappa shape index (κ1) is 26.2. The summed E-state index contributed by atoms with van der Waals surface area (Å²) in [6, 6.07) is 0. The summed E-state index contributed by atoms with van der Waals surface area (Å²) in [6.45, 7) is 14.0. The van der Waals surface area contributed by atoms with E-state index in [1.54, 1.807) is 27.7 Å². The SMILES string of the molecule is CCNCCOCCOCCOCCOC(C)(C)C(F)CNC(=O)C(C)C. The number of alkyl halides is 1. The fraction of sp³-hybridized carbons (Fsp3) is 0.947. The molecule has 0 aromatic rings. The van der Waals surface area contributed by atoms with Crippen molar-refractivity contribution in [3.63, 3.8) is 0 Å². The zero-order chi connectivity index (χ0) is 20.5. The second kappa shape index (κ2) is 16.2. The third-order valence-electron chi connectivity index (χ3n) is 3.85. The summed E-state index contributed by atoms with van der Waals surface area (Å²) in [5.41, 5.74) is -0.992. The van der Waals surface area contributed by atoms with Crippen molar-refractivity contribution in [3.05, 3.63) is 0 Å². The van der Waals surface area contributed by atoms with Crippen LogP contribution < -0.4 is 10.6 Å². The number of hydrogen-bond donors (Lipinski definition) is 2. The highest BCUT2D eigenvalue weighted by atomic mass is 19.1. The topological polar surface area (TPSA) is 78.1 Å². The van der Waals surface area contributed by atoms with Gasteiger partial charge in [-0.3, -0.25) is 4.79 Å². The minimum atomic E-state index is -1.30. The van der Waals surface area contributed by atoms with E-state index in [0.29, 0.717) is 39.6 Å². The lowest BCUT2D eigenvalue weighted by molar-refractivity contribution is -0.125. The van der Waals surface area contributed by atoms with E-state index >= 15 is 0 Å². The van der Waals surface area contributed by atoms with Crippen molar-refractivity contribution in [2.45, 2.75) is 46.4 Å². The minimum absolute atomic E-state index is 0.0602. The van der Waals surface area contributed by atoms with Gasteiger partial charge in [0.1, 0.15) is 6.17 Å². The molecule has 8 heteroatoms. The van der Waals surface area contributed by atoms with E-state index in [-0.39, 0.29) is 25.0 Å². The molecular weight excluding hydrogens is 355 g/mol. The third-order valence-corrected chi connectivity index (χ3v) is 3.85. The van der Waals surface area contributed by atoms with Crippen molar-refractivity contribution in [1.29, 1.82) is 0 Å². The predicted octanol–water partition coefficient (Wildman–Crippen LogP) is 1.55. The highest BCUT2D eigenvalue weighted by Gasteiger charge is 2.30. The third kappa shape index (κ3) is 14.9. The van der Waals surface area contributed by atoms with Crippen LogP contribution in [0, 0.1) is 5.92 Å². The molecule has 0 aromatic heterocycles. The number of halogens is 1. The molecule has 2 N–H and O–H groups in total. The molecule has 7 nitrogen and oxygen atoms in total. The Balaban J connectivity index is 3.55. The van der Waals surface area contributed by atoms with Crippen LogP contribution in [0.3, 0.4) is 0 Å². The van der Waals surface area contributed by atoms with Gasteiger partial charge in [0.2, 0.25) is 5.91 Å². The lowest BCUT2D eigenvalue weighted by atomic mass is 10.0. The Morgan fingerprint density at radius 2 is 1.48 bits per heavy atom. The van der Waals surface area contributed by atoms with Crippen molar-refractivity contribution in [3.8, 4) is 0 Å². The lowest BCUT2D eigenvalue weighted by Gasteiger charge is -2.29. The first-order valence-electron chi connectivity index (χ1n) is 9.81. The van der Waals surface area contributed by atoms with E-state index in [1.807, 2.05) is 0 Å². The summed E-state index contributed by atoms with van der Waals surface area (Å²) in [4.78, 5) is 11.5. The van der Waals surface area contributed by atoms with Crippen LogP contribution in [-0.4, -0.2) is 83.6 Å². The molecule has 0 aliphatic rings. The maximum absolute atomic E-state index is 14.2. The maximum atomic E-state index is 14.2. The first-order valence-corrected chi connectivity index (χ1v) is 9.81. The van der Waals surface area contributed by atoms with Crippen molar-refractivity contribution in [2.75, 3.05) is 65.9 Å². The molecule has 0 fully saturated rings. The highest BCUT2D eigenvalue weighted by molar-refractivity contribution is 5.77. The number of hydrogen-bond acceptors (Lipinski definition) is 6. The van der Waals surface area contributed by atoms with Gasteiger partial charge in [-0.15, -0.1) is 0 Å². The van der Waals surface area contributed by atoms with Crippen molar-refractivity contribution in [2.24, 2.45) is 5.92 Å². The molecule has 0 aromatic carbocycles. The fourth-order valence-corrected chi connectivity index (χ4v) is 1.96. The normalized spacial score (nSPS) is 13.1. The van der Waals surface area contributed by atoms with Gasteiger partial charge in [-0.05, 0) is 20.4 Å². The number of nitrogens with one attached hydrogen (secondary N) is 2. The molecule has 1 atom stereocenters. The van der Waals surface area contributed by atoms with Gasteiger partial charge in [0.15, 0.2) is 0 Å². The number of carbonyl (C=O) groups is 1. The highest BCUT2D eigenvalue weighted by Crippen LogP contribution is 2.17. The summed E-state index contributed by atoms with van der Waals surface area (Å²) in [5, 5.41) is 5.75. The van der Waals surface area contributed by atoms with Gasteiger partial charge in [-0.1, -0.05) is 20.8 Å². The molecule has 0 aliphatic carbocycles. The number of rotatable bonds is 18. The van der Waals surface area contributed by atoms with Gasteiger partial charge in [0, 0.05) is 12.5 Å². The van der Waals surface area contributed by atoms with Gasteiger partial charge in [-0.25, -0.2) is 4.39 Å². The molecule has 27 heavy (non-hydrogen) atoms. The van der Waals surface area contributed by atoms with Crippen LogP contribution >= 0.6 is 0 Å². The summed E-state index contributed by atoms with van der Waals surface area (Å²) >= 11 is 0. The van der Waals surface area contributed by atoms with Crippen LogP contribution in [0.4, 0.5) is 4.39 Å². The average Bonchev–Trinajstić information content (AvgIpc) is 2.62. The Hall–Kier alpha value is -0.800. The second-order valence-electron chi connectivity index (χ2n) is 7.01. The Bertz CT molecular complexity index is 370. The number of likely N-dealkylation sites (N-methyl/N-ethyl adjacent to an activating group) is 1. The summed E-state index contributed by atoms with van der Waals surface area (Å²) in [5.74, 6) is -0.332. The van der Waals surface area contributed by atoms with Gasteiger partial charge >= 0.3 is 0 Å². The molecule has 1 unspecified atom stereocenters. The maximum Gasteiger partial charge on any atom is 0.222 e. The van der Waals surface area contributed by atoms with Gasteiger partial charge in [-0.2, -0.15) is 0 Å². The van der Waals surface area contributed by atoms with E-state index in [9.17, 15) is 9.18 Å². The van der Waals surface area contributed by atoms with E-state index in [0.717, 1.165) is 13.1 Å². The van der Waals surface area contributed by atoms with Crippen LogP contribution in [0.5, 0.6) is 0 Å². The Morgan fingerprint density at radius 1 is 0.963 bits per heavy atom. The molecule has 0 saturated carbocycles. The van der Waals surface area contributed by atoms with Crippen LogP contribution in [0.15, 0.2) is 0 Å². The van der Waals surface area contributed by atoms with Gasteiger partial charge < -0.3 is 29.6 Å². The number of ether oxygens (including phenoxy) is 4. The van der Waals surface area contributed by atoms with Crippen LogP contribution in [0.1, 0.15) is 34.6 Å². The fourth-order valence-electron chi connectivity index (χ4n) is 1.96. The molecule has 0 radical (unpaired) electrons. The monoisotopic (exact) mass is 394 g/mol. The molecule has 0 aliphatic heterocycles. The quantitative estimate of drug-likeness (QED) is 0.344. The van der Waals surface area contributed by atoms with Gasteiger partial charge in [0.05, 0.1) is 58.4 Å². The van der Waals surface area contributed by atoms with E-state index in [4.69, 9.17) is 18.9 Å². The molecule has 1 amide bonds. The number of amides is 1. The smallest absolute Gasteiger partial charge is 0.222 e. The summed E-state index contributed by atoms with van der Waals surface area (Å²) < 4.78 is 36.0. The van der Waals surface area contributed by atoms with Crippen molar-refractivity contribution in [1.82, 2.24) is 10.6 Å². The molecule has 0 spiro atoms. The molecule has 0 heterocycles. The summed E-state index contributed by atoms with van der Waals surface area (Å²) in [6.07, 6.45) is -1.30. The van der Waals surface area contributed by atoms with Crippen molar-refractivity contribution >= 4 is 5.91 Å². The molecular formula is C19H39FN2O5. The second-order valence-corrected chi connectivity index (χ2v) is 7.01. The van der Waals surface area contributed by atoms with E-state index in [2.05, 4.69) is 17.6 Å². The van der Waals surface area contributed by atoms with E-state index in [1.165, 1.54) is 0 Å². The Morgan fingerprint density at radius 3 is 2.00 bits per heavy atom. The standard InChI is InChI=1S/C19H39FN2O5/c1-6-21-7-8-24-9-10-25-11-12-26-13-14-27-19(4,5)17(20)15-22-18(23)16(2)3/h16-17,21H,6-15H2,1-5H3,(H,22,23). The van der Waals surface area contributed by atoms with Crippen LogP contribution in [0.25, 0.3) is 0 Å². The lowest BCUT2D eigenvalue weighted by Crippen LogP contribution is -2.45. The molecule has 162 valence electrons. The first-order chi connectivity index (χ1) is 12.8. The minimum Gasteiger partial charge on any atom is -0.378 e. The predicted molar refractivity (Wildman–Crippen MR) is 104 cm³/mol. The zero-order valence-corrected chi connectivity index (χ0v) is 17.6.